The van der Waals surface area contributed by atoms with Gasteiger partial charge >= 0.3 is 6.03 Å². The molecule has 6 nitrogen and oxygen atoms in total. The van der Waals surface area contributed by atoms with Crippen molar-refractivity contribution in [3.8, 4) is 5.75 Å². The molecule has 4 aromatic rings. The smallest absolute Gasteiger partial charge is 0.325 e. The van der Waals surface area contributed by atoms with Gasteiger partial charge in [0.1, 0.15) is 24.0 Å². The standard InChI is InChI=1S/C27H24N2O4/c1-27(22-12-10-18-6-2-4-8-20(18)14-22)25(31)29(26(32)28-27)16-23(30)17-33-24-13-11-19-7-3-5-9-21(19)15-24/h2-15,23,30H,16-17H2,1H3,(H,28,32). The van der Waals surface area contributed by atoms with Crippen LogP contribution in [0.1, 0.15) is 12.5 Å². The van der Waals surface area contributed by atoms with Crippen LogP contribution in [0, 0.1) is 0 Å². The molecule has 2 N–H and O–H groups in total. The van der Waals surface area contributed by atoms with Crippen LogP contribution in [0.5, 0.6) is 5.75 Å². The average molecular weight is 440 g/mol. The van der Waals surface area contributed by atoms with Crippen molar-refractivity contribution in [1.82, 2.24) is 10.2 Å². The quantitative estimate of drug-likeness (QED) is 0.441. The highest BCUT2D eigenvalue weighted by Gasteiger charge is 2.49. The maximum atomic E-state index is 13.2. The SMILES string of the molecule is CC1(c2ccc3ccccc3c2)NC(=O)N(CC(O)COc2ccc3ccccc3c2)C1=O. The van der Waals surface area contributed by atoms with Crippen LogP contribution in [0.25, 0.3) is 21.5 Å². The number of carbonyl (C=O) groups excluding carboxylic acids is 2. The van der Waals surface area contributed by atoms with Gasteiger partial charge in [-0.1, -0.05) is 66.7 Å². The molecular weight excluding hydrogens is 416 g/mol. The van der Waals surface area contributed by atoms with Crippen molar-refractivity contribution in [2.75, 3.05) is 13.2 Å². The van der Waals surface area contributed by atoms with E-state index < -0.39 is 23.6 Å². The maximum absolute atomic E-state index is 13.2. The fourth-order valence-corrected chi connectivity index (χ4v) is 4.27. The van der Waals surface area contributed by atoms with Gasteiger partial charge < -0.3 is 15.2 Å². The third-order valence-corrected chi connectivity index (χ3v) is 6.16. The second-order valence-electron chi connectivity index (χ2n) is 8.51. The summed E-state index contributed by atoms with van der Waals surface area (Å²) in [6.07, 6.45) is -1.02. The summed E-state index contributed by atoms with van der Waals surface area (Å²) in [5, 5.41) is 17.5. The first-order valence-corrected chi connectivity index (χ1v) is 10.9. The number of ether oxygens (including phenoxy) is 1. The summed E-state index contributed by atoms with van der Waals surface area (Å²) in [5.74, 6) is 0.221. The molecule has 3 amide bonds. The third kappa shape index (κ3) is 3.90. The number of hydrogen-bond acceptors (Lipinski definition) is 4. The second kappa shape index (κ2) is 8.22. The molecule has 4 aromatic carbocycles. The third-order valence-electron chi connectivity index (χ3n) is 6.16. The maximum Gasteiger partial charge on any atom is 0.325 e. The van der Waals surface area contributed by atoms with Gasteiger partial charge in [0.2, 0.25) is 0 Å². The average Bonchev–Trinajstić information content (AvgIpc) is 3.06. The van der Waals surface area contributed by atoms with E-state index in [1.54, 1.807) is 6.92 Å². The number of benzene rings is 4. The molecule has 1 saturated heterocycles. The number of nitrogens with zero attached hydrogens (tertiary/aromatic N) is 1. The number of rotatable bonds is 6. The van der Waals surface area contributed by atoms with Crippen LogP contribution >= 0.6 is 0 Å². The number of imide groups is 1. The van der Waals surface area contributed by atoms with Gasteiger partial charge in [0.05, 0.1) is 6.54 Å². The van der Waals surface area contributed by atoms with Crippen molar-refractivity contribution in [3.05, 3.63) is 90.5 Å². The van der Waals surface area contributed by atoms with Crippen molar-refractivity contribution in [2.24, 2.45) is 0 Å². The number of amides is 3. The van der Waals surface area contributed by atoms with E-state index in [9.17, 15) is 14.7 Å². The van der Waals surface area contributed by atoms with Crippen LogP contribution in [0.15, 0.2) is 84.9 Å². The Morgan fingerprint density at radius 3 is 2.18 bits per heavy atom. The van der Waals surface area contributed by atoms with Gasteiger partial charge in [0.15, 0.2) is 0 Å². The highest BCUT2D eigenvalue weighted by molar-refractivity contribution is 6.07. The normalized spacial score (nSPS) is 19.2. The number of aliphatic hydroxyl groups excluding tert-OH is 1. The van der Waals surface area contributed by atoms with Gasteiger partial charge in [-0.2, -0.15) is 0 Å². The number of hydrogen-bond donors (Lipinski definition) is 2. The van der Waals surface area contributed by atoms with E-state index in [0.717, 1.165) is 26.4 Å². The van der Waals surface area contributed by atoms with Crippen molar-refractivity contribution in [2.45, 2.75) is 18.6 Å². The fraction of sp³-hybridized carbons (Fsp3) is 0.185. The Balaban J connectivity index is 1.27. The minimum Gasteiger partial charge on any atom is -0.491 e. The van der Waals surface area contributed by atoms with Crippen molar-refractivity contribution >= 4 is 33.5 Å². The lowest BCUT2D eigenvalue weighted by Crippen LogP contribution is -2.42. The summed E-state index contributed by atoms with van der Waals surface area (Å²) >= 11 is 0. The number of urea groups is 1. The Labute approximate surface area is 191 Å². The number of nitrogens with one attached hydrogen (secondary N) is 1. The summed E-state index contributed by atoms with van der Waals surface area (Å²) in [6.45, 7) is 1.50. The lowest BCUT2D eigenvalue weighted by atomic mass is 9.90. The zero-order chi connectivity index (χ0) is 23.0. The van der Waals surface area contributed by atoms with E-state index in [0.29, 0.717) is 11.3 Å². The van der Waals surface area contributed by atoms with Crippen LogP contribution in [0.4, 0.5) is 4.79 Å². The molecule has 0 bridgehead atoms. The van der Waals surface area contributed by atoms with E-state index >= 15 is 0 Å². The van der Waals surface area contributed by atoms with Crippen LogP contribution in [0.3, 0.4) is 0 Å². The van der Waals surface area contributed by atoms with Gasteiger partial charge in [0, 0.05) is 0 Å². The molecule has 166 valence electrons. The molecule has 1 fully saturated rings. The van der Waals surface area contributed by atoms with Crippen LogP contribution < -0.4 is 10.1 Å². The predicted molar refractivity (Wildman–Crippen MR) is 127 cm³/mol. The van der Waals surface area contributed by atoms with Crippen LogP contribution in [0.2, 0.25) is 0 Å². The molecule has 1 aliphatic rings. The molecule has 5 rings (SSSR count). The van der Waals surface area contributed by atoms with Crippen molar-refractivity contribution in [1.29, 1.82) is 0 Å². The Morgan fingerprint density at radius 1 is 0.879 bits per heavy atom. The zero-order valence-corrected chi connectivity index (χ0v) is 18.2. The highest BCUT2D eigenvalue weighted by atomic mass is 16.5. The first-order valence-electron chi connectivity index (χ1n) is 10.9. The number of β-amino-alcohol motifs (C(OH)–C–C–N with tert-alkyl or cyclic N) is 1. The lowest BCUT2D eigenvalue weighted by molar-refractivity contribution is -0.132. The Bertz CT molecular complexity index is 1370. The summed E-state index contributed by atoms with van der Waals surface area (Å²) in [5.41, 5.74) is -0.496. The van der Waals surface area contributed by atoms with Gasteiger partial charge in [-0.05, 0) is 52.2 Å². The van der Waals surface area contributed by atoms with E-state index in [2.05, 4.69) is 5.32 Å². The van der Waals surface area contributed by atoms with E-state index in [1.807, 2.05) is 84.9 Å². The first-order chi connectivity index (χ1) is 15.9. The molecule has 33 heavy (non-hydrogen) atoms. The van der Waals surface area contributed by atoms with E-state index in [1.165, 1.54) is 0 Å². The first kappa shape index (κ1) is 21.0. The van der Waals surface area contributed by atoms with E-state index in [4.69, 9.17) is 4.74 Å². The summed E-state index contributed by atoms with van der Waals surface area (Å²) in [4.78, 5) is 26.9. The van der Waals surface area contributed by atoms with Gasteiger partial charge in [-0.25, -0.2) is 4.79 Å². The molecule has 2 atom stereocenters. The predicted octanol–water partition coefficient (Wildman–Crippen LogP) is 4.20. The Hall–Kier alpha value is -3.90. The second-order valence-corrected chi connectivity index (χ2v) is 8.51. The number of carbonyl (C=O) groups is 2. The molecule has 0 saturated carbocycles. The van der Waals surface area contributed by atoms with Gasteiger partial charge in [-0.15, -0.1) is 0 Å². The number of aliphatic hydroxyl groups is 1. The zero-order valence-electron chi connectivity index (χ0n) is 18.2. The highest BCUT2D eigenvalue weighted by Crippen LogP contribution is 2.31. The van der Waals surface area contributed by atoms with Crippen molar-refractivity contribution < 1.29 is 19.4 Å². The molecule has 0 aromatic heterocycles. The largest absolute Gasteiger partial charge is 0.491 e. The molecular formula is C27H24N2O4. The molecule has 0 aliphatic carbocycles. The monoisotopic (exact) mass is 440 g/mol. The van der Waals surface area contributed by atoms with Crippen LogP contribution in [-0.4, -0.2) is 41.2 Å². The molecule has 2 unspecified atom stereocenters. The number of fused-ring (bicyclic) bond motifs is 2. The molecule has 1 heterocycles. The Kier molecular flexibility index (Phi) is 5.23. The minimum atomic E-state index is -1.19. The fourth-order valence-electron chi connectivity index (χ4n) is 4.27. The lowest BCUT2D eigenvalue weighted by Gasteiger charge is -2.23. The molecule has 0 radical (unpaired) electrons. The Morgan fingerprint density at radius 2 is 1.48 bits per heavy atom. The van der Waals surface area contributed by atoms with Gasteiger partial charge in [-0.3, -0.25) is 9.69 Å². The van der Waals surface area contributed by atoms with Crippen molar-refractivity contribution in [3.63, 3.8) is 0 Å². The molecule has 6 heteroatoms. The summed E-state index contributed by atoms with van der Waals surface area (Å²) in [7, 11) is 0. The minimum absolute atomic E-state index is 0.0396. The van der Waals surface area contributed by atoms with Crippen LogP contribution in [-0.2, 0) is 10.3 Å². The van der Waals surface area contributed by atoms with Gasteiger partial charge in [0.25, 0.3) is 5.91 Å². The molecule has 0 spiro atoms. The molecule has 1 aliphatic heterocycles. The van der Waals surface area contributed by atoms with E-state index in [-0.39, 0.29) is 13.2 Å². The summed E-state index contributed by atoms with van der Waals surface area (Å²) < 4.78 is 5.72. The topological polar surface area (TPSA) is 78.9 Å². The summed E-state index contributed by atoms with van der Waals surface area (Å²) in [6, 6.07) is 26.6.